The Bertz CT molecular complexity index is 347. The Kier molecular flexibility index (Phi) is 2.74. The van der Waals surface area contributed by atoms with E-state index in [1.54, 1.807) is 0 Å². The monoisotopic (exact) mass is 252 g/mol. The van der Waals surface area contributed by atoms with E-state index >= 15 is 0 Å². The molecule has 102 valence electrons. The highest BCUT2D eigenvalue weighted by molar-refractivity contribution is 5.70. The molecule has 4 aliphatic rings. The normalized spacial score (nSPS) is 45.6. The van der Waals surface area contributed by atoms with Crippen LogP contribution in [0.25, 0.3) is 0 Å². The minimum absolute atomic E-state index is 0.0736. The van der Waals surface area contributed by atoms with Crippen LogP contribution in [0.3, 0.4) is 0 Å². The molecule has 0 aromatic heterocycles. The predicted molar refractivity (Wildman–Crippen MR) is 67.9 cm³/mol. The number of hydrogen-bond donors (Lipinski definition) is 1. The van der Waals surface area contributed by atoms with E-state index in [0.717, 1.165) is 25.7 Å². The summed E-state index contributed by atoms with van der Waals surface area (Å²) in [5.41, 5.74) is -0.868. The fourth-order valence-electron chi connectivity index (χ4n) is 4.87. The third-order valence-electron chi connectivity index (χ3n) is 4.88. The Morgan fingerprint density at radius 1 is 1.28 bits per heavy atom. The number of hydrogen-bond acceptors (Lipinski definition) is 3. The van der Waals surface area contributed by atoms with Gasteiger partial charge in [-0.05, 0) is 49.9 Å². The summed E-state index contributed by atoms with van der Waals surface area (Å²) in [5.74, 6) is 1.41. The van der Waals surface area contributed by atoms with E-state index in [1.807, 2.05) is 13.8 Å². The minimum Gasteiger partial charge on any atom is -0.459 e. The van der Waals surface area contributed by atoms with E-state index in [0.29, 0.717) is 30.6 Å². The van der Waals surface area contributed by atoms with Gasteiger partial charge in [-0.15, -0.1) is 0 Å². The van der Waals surface area contributed by atoms with E-state index in [1.165, 1.54) is 6.42 Å². The van der Waals surface area contributed by atoms with Crippen LogP contribution in [0.4, 0.5) is 0 Å². The van der Waals surface area contributed by atoms with Crippen molar-refractivity contribution in [2.45, 2.75) is 70.0 Å². The van der Waals surface area contributed by atoms with Gasteiger partial charge in [0.2, 0.25) is 0 Å². The molecule has 0 amide bonds. The molecule has 4 saturated carbocycles. The maximum absolute atomic E-state index is 11.9. The summed E-state index contributed by atoms with van der Waals surface area (Å²) in [5, 5.41) is 10.6. The van der Waals surface area contributed by atoms with Crippen molar-refractivity contribution in [3.8, 4) is 0 Å². The van der Waals surface area contributed by atoms with Gasteiger partial charge in [0.15, 0.2) is 0 Å². The first-order chi connectivity index (χ1) is 8.38. The lowest BCUT2D eigenvalue weighted by Gasteiger charge is -2.59. The van der Waals surface area contributed by atoms with E-state index in [2.05, 4.69) is 0 Å². The number of ether oxygens (including phenoxy) is 1. The molecule has 0 saturated heterocycles. The van der Waals surface area contributed by atoms with Gasteiger partial charge in [0.25, 0.3) is 0 Å². The summed E-state index contributed by atoms with van der Waals surface area (Å²) >= 11 is 0. The van der Waals surface area contributed by atoms with Crippen LogP contribution in [-0.2, 0) is 9.53 Å². The molecule has 0 aliphatic heterocycles. The quantitative estimate of drug-likeness (QED) is 0.785. The maximum Gasteiger partial charge on any atom is 0.306 e. The number of aliphatic hydroxyl groups is 1. The number of carbonyl (C=O) groups is 1. The molecule has 0 aromatic carbocycles. The summed E-state index contributed by atoms with van der Waals surface area (Å²) in [6.07, 6.45) is 6.21. The van der Waals surface area contributed by atoms with E-state index in [4.69, 9.17) is 4.74 Å². The largest absolute Gasteiger partial charge is 0.459 e. The highest BCUT2D eigenvalue weighted by Crippen LogP contribution is 2.58. The lowest BCUT2D eigenvalue weighted by Crippen LogP contribution is -2.60. The average molecular weight is 252 g/mol. The van der Waals surface area contributed by atoms with Gasteiger partial charge in [-0.3, -0.25) is 4.79 Å². The van der Waals surface area contributed by atoms with Gasteiger partial charge >= 0.3 is 5.97 Å². The van der Waals surface area contributed by atoms with Crippen LogP contribution in [-0.4, -0.2) is 22.3 Å². The van der Waals surface area contributed by atoms with Crippen molar-refractivity contribution in [3.63, 3.8) is 0 Å². The summed E-state index contributed by atoms with van der Waals surface area (Å²) < 4.78 is 5.83. The average Bonchev–Trinajstić information content (AvgIpc) is 2.08. The summed E-state index contributed by atoms with van der Waals surface area (Å²) in [7, 11) is 0. The number of rotatable bonds is 3. The van der Waals surface area contributed by atoms with E-state index in [-0.39, 0.29) is 11.6 Å². The molecule has 4 rings (SSSR count). The van der Waals surface area contributed by atoms with Crippen LogP contribution < -0.4 is 0 Å². The Labute approximate surface area is 109 Å². The van der Waals surface area contributed by atoms with Gasteiger partial charge in [0.1, 0.15) is 5.60 Å². The molecule has 3 heteroatoms. The molecular weight excluding hydrogens is 228 g/mol. The molecule has 2 unspecified atom stereocenters. The van der Waals surface area contributed by atoms with Crippen molar-refractivity contribution >= 4 is 5.97 Å². The van der Waals surface area contributed by atoms with Crippen LogP contribution in [0, 0.1) is 17.8 Å². The highest BCUT2D eigenvalue weighted by atomic mass is 16.6. The molecule has 3 nitrogen and oxygen atoms in total. The maximum atomic E-state index is 11.9. The molecular formula is C15H24O3. The first-order valence-electron chi connectivity index (χ1n) is 7.32. The SMILES string of the molecule is CC(C)CC(=O)OC12CC3CC(CC(O)(C3)C1)C2. The van der Waals surface area contributed by atoms with Gasteiger partial charge in [-0.25, -0.2) is 0 Å². The van der Waals surface area contributed by atoms with Crippen molar-refractivity contribution in [2.75, 3.05) is 0 Å². The lowest BCUT2D eigenvalue weighted by molar-refractivity contribution is -0.220. The molecule has 1 N–H and O–H groups in total. The Morgan fingerprint density at radius 2 is 1.89 bits per heavy atom. The second-order valence-corrected chi connectivity index (χ2v) is 7.44. The van der Waals surface area contributed by atoms with Crippen molar-refractivity contribution in [1.29, 1.82) is 0 Å². The third-order valence-corrected chi connectivity index (χ3v) is 4.88. The first kappa shape index (κ1) is 12.5. The third kappa shape index (κ3) is 2.18. The van der Waals surface area contributed by atoms with Crippen molar-refractivity contribution in [1.82, 2.24) is 0 Å². The fraction of sp³-hybridized carbons (Fsp3) is 0.933. The fourth-order valence-corrected chi connectivity index (χ4v) is 4.87. The van der Waals surface area contributed by atoms with Gasteiger partial charge < -0.3 is 9.84 Å². The molecule has 2 atom stereocenters. The van der Waals surface area contributed by atoms with Crippen molar-refractivity contribution in [3.05, 3.63) is 0 Å². The topological polar surface area (TPSA) is 46.5 Å². The second kappa shape index (κ2) is 3.96. The molecule has 0 spiro atoms. The smallest absolute Gasteiger partial charge is 0.306 e. The van der Waals surface area contributed by atoms with Crippen LogP contribution in [0.5, 0.6) is 0 Å². The number of esters is 1. The van der Waals surface area contributed by atoms with Crippen molar-refractivity contribution in [2.24, 2.45) is 17.8 Å². The van der Waals surface area contributed by atoms with E-state index < -0.39 is 5.60 Å². The summed E-state index contributed by atoms with van der Waals surface area (Å²) in [6.45, 7) is 4.07. The van der Waals surface area contributed by atoms with Gasteiger partial charge in [0, 0.05) is 12.8 Å². The van der Waals surface area contributed by atoms with Gasteiger partial charge in [0.05, 0.1) is 5.60 Å². The number of carbonyl (C=O) groups excluding carboxylic acids is 1. The van der Waals surface area contributed by atoms with Crippen LogP contribution in [0.1, 0.15) is 58.8 Å². The Morgan fingerprint density at radius 3 is 2.39 bits per heavy atom. The molecule has 18 heavy (non-hydrogen) atoms. The summed E-state index contributed by atoms with van der Waals surface area (Å²) in [4.78, 5) is 11.9. The zero-order valence-electron chi connectivity index (χ0n) is 11.4. The molecule has 4 aliphatic carbocycles. The minimum atomic E-state index is -0.539. The van der Waals surface area contributed by atoms with Crippen LogP contribution >= 0.6 is 0 Å². The lowest BCUT2D eigenvalue weighted by atomic mass is 9.52. The predicted octanol–water partition coefficient (Wildman–Crippen LogP) is 2.66. The standard InChI is InChI=1S/C15H24O3/c1-10(2)3-13(16)18-15-7-11-4-12(8-15)6-14(17,5-11)9-15/h10-12,17H,3-9H2,1-2H3. The summed E-state index contributed by atoms with van der Waals surface area (Å²) in [6, 6.07) is 0. The first-order valence-corrected chi connectivity index (χ1v) is 7.32. The van der Waals surface area contributed by atoms with Crippen LogP contribution in [0.2, 0.25) is 0 Å². The second-order valence-electron chi connectivity index (χ2n) is 7.44. The van der Waals surface area contributed by atoms with Gasteiger partial charge in [-0.2, -0.15) is 0 Å². The Hall–Kier alpha value is -0.570. The zero-order valence-corrected chi connectivity index (χ0v) is 11.4. The Balaban J connectivity index is 1.73. The molecule has 4 fully saturated rings. The zero-order chi connectivity index (χ0) is 13.0. The van der Waals surface area contributed by atoms with Crippen molar-refractivity contribution < 1.29 is 14.6 Å². The van der Waals surface area contributed by atoms with E-state index in [9.17, 15) is 9.90 Å². The molecule has 0 aromatic rings. The molecule has 0 heterocycles. The van der Waals surface area contributed by atoms with Gasteiger partial charge in [-0.1, -0.05) is 13.8 Å². The highest BCUT2D eigenvalue weighted by Gasteiger charge is 2.59. The van der Waals surface area contributed by atoms with Crippen LogP contribution in [0.15, 0.2) is 0 Å². The molecule has 4 bridgehead atoms. The molecule has 0 radical (unpaired) electrons.